The molecule has 11 heteroatoms. The van der Waals surface area contributed by atoms with Gasteiger partial charge in [0.25, 0.3) is 0 Å². The fraction of sp³-hybridized carbons (Fsp3) is 0.500. The van der Waals surface area contributed by atoms with E-state index in [0.29, 0.717) is 30.4 Å². The molecule has 2 aliphatic heterocycles. The number of rotatable bonds is 9. The van der Waals surface area contributed by atoms with Crippen molar-refractivity contribution in [3.05, 3.63) is 54.0 Å². The lowest BCUT2D eigenvalue weighted by molar-refractivity contribution is 0.0899. The maximum atomic E-state index is 7.14. The van der Waals surface area contributed by atoms with Crippen LogP contribution in [0.4, 0.5) is 5.82 Å². The van der Waals surface area contributed by atoms with Crippen LogP contribution in [0.2, 0.25) is 30.7 Å². The van der Waals surface area contributed by atoms with E-state index < -0.39 is 8.07 Å². The normalized spacial score (nSPS) is 20.6. The molecule has 0 aliphatic carbocycles. The fourth-order valence-electron chi connectivity index (χ4n) is 6.91. The lowest BCUT2D eigenvalue weighted by Crippen LogP contribution is -2.43. The molecule has 2 aliphatic rings. The van der Waals surface area contributed by atoms with E-state index in [0.717, 1.165) is 63.4 Å². The predicted molar refractivity (Wildman–Crippen MR) is 175 cm³/mol. The summed E-state index contributed by atoms with van der Waals surface area (Å²) >= 11 is 7.14. The maximum absolute atomic E-state index is 7.14. The van der Waals surface area contributed by atoms with Gasteiger partial charge in [0, 0.05) is 75.1 Å². The van der Waals surface area contributed by atoms with Crippen molar-refractivity contribution in [2.45, 2.75) is 83.7 Å². The molecule has 1 unspecified atom stereocenters. The van der Waals surface area contributed by atoms with E-state index in [1.807, 2.05) is 41.0 Å². The number of anilines is 1. The minimum absolute atomic E-state index is 0.435. The summed E-state index contributed by atoms with van der Waals surface area (Å²) in [6.45, 7) is 11.3. The van der Waals surface area contributed by atoms with Gasteiger partial charge in [0.1, 0.15) is 23.9 Å². The second-order valence-corrected chi connectivity index (χ2v) is 19.8. The summed E-state index contributed by atoms with van der Waals surface area (Å²) in [5, 5.41) is 6.34. The summed E-state index contributed by atoms with van der Waals surface area (Å²) in [6.07, 6.45) is 14.8. The highest BCUT2D eigenvalue weighted by Gasteiger charge is 2.40. The SMILES string of the molecule is CC1C[C@H]2CC[C@@H](C1)N2c1cnc2c(-c3ccc4nn(Cc5nccn5C)cc4c3Cl)cn(COCC[Si](C)(C)C)c2n1. The molecule has 226 valence electrons. The van der Waals surface area contributed by atoms with Gasteiger partial charge in [-0.3, -0.25) is 4.68 Å². The van der Waals surface area contributed by atoms with Crippen LogP contribution in [0.3, 0.4) is 0 Å². The second-order valence-electron chi connectivity index (χ2n) is 13.8. The van der Waals surface area contributed by atoms with Crippen LogP contribution < -0.4 is 4.90 Å². The van der Waals surface area contributed by atoms with E-state index >= 15 is 0 Å². The Bertz CT molecular complexity index is 1770. The van der Waals surface area contributed by atoms with Crippen LogP contribution in [-0.4, -0.2) is 60.6 Å². The molecular formula is C32H41ClN8OSi. The Labute approximate surface area is 258 Å². The Balaban J connectivity index is 1.26. The molecule has 0 radical (unpaired) electrons. The number of fused-ring (bicyclic) bond motifs is 4. The third-order valence-electron chi connectivity index (χ3n) is 9.20. The van der Waals surface area contributed by atoms with Crippen molar-refractivity contribution in [2.24, 2.45) is 13.0 Å². The van der Waals surface area contributed by atoms with Crippen molar-refractivity contribution in [1.29, 1.82) is 0 Å². The standard InChI is InChI=1S/C32H41ClN8OSi/c1-21-14-22-6-7-23(15-21)41(22)28-16-35-31-25(17-39(32(31)36-28)20-42-12-13-43(3,4)5)24-8-9-27-26(30(24)33)18-40(37-27)19-29-34-10-11-38(29)2/h8-11,16-18,21-23H,6-7,12-15,19-20H2,1-5H3/t21?,22-,23+. The Morgan fingerprint density at radius 2 is 1.84 bits per heavy atom. The fourth-order valence-corrected chi connectivity index (χ4v) is 7.98. The molecule has 2 bridgehead atoms. The topological polar surface area (TPSA) is 78.8 Å². The van der Waals surface area contributed by atoms with Crippen LogP contribution >= 0.6 is 11.6 Å². The summed E-state index contributed by atoms with van der Waals surface area (Å²) in [4.78, 5) is 17.3. The number of hydrogen-bond donors (Lipinski definition) is 0. The average Bonchev–Trinajstić information content (AvgIpc) is 3.71. The molecule has 2 saturated heterocycles. The third kappa shape index (κ3) is 5.49. The van der Waals surface area contributed by atoms with Crippen molar-refractivity contribution < 1.29 is 4.74 Å². The molecule has 6 heterocycles. The van der Waals surface area contributed by atoms with Gasteiger partial charge in [-0.2, -0.15) is 5.10 Å². The zero-order valence-corrected chi connectivity index (χ0v) is 27.6. The summed E-state index contributed by atoms with van der Waals surface area (Å²) in [6, 6.07) is 6.31. The number of aryl methyl sites for hydroxylation is 1. The Hall–Kier alpha value is -3.21. The molecule has 0 saturated carbocycles. The summed E-state index contributed by atoms with van der Waals surface area (Å²) < 4.78 is 12.3. The zero-order chi connectivity index (χ0) is 29.9. The monoisotopic (exact) mass is 616 g/mol. The molecule has 0 N–H and O–H groups in total. The Kier molecular flexibility index (Phi) is 7.34. The predicted octanol–water partition coefficient (Wildman–Crippen LogP) is 6.96. The highest BCUT2D eigenvalue weighted by atomic mass is 35.5. The first kappa shape index (κ1) is 28.6. The number of halogens is 1. The second kappa shape index (κ2) is 11.1. The van der Waals surface area contributed by atoms with Crippen LogP contribution in [0.5, 0.6) is 0 Å². The highest BCUT2D eigenvalue weighted by Crippen LogP contribution is 2.42. The van der Waals surface area contributed by atoms with Gasteiger partial charge in [-0.1, -0.05) is 44.2 Å². The Morgan fingerprint density at radius 1 is 1.05 bits per heavy atom. The van der Waals surface area contributed by atoms with Crippen LogP contribution in [0.25, 0.3) is 33.2 Å². The van der Waals surface area contributed by atoms with E-state index in [-0.39, 0.29) is 0 Å². The van der Waals surface area contributed by atoms with Crippen LogP contribution in [0.15, 0.2) is 43.1 Å². The van der Waals surface area contributed by atoms with Gasteiger partial charge >= 0.3 is 0 Å². The summed E-state index contributed by atoms with van der Waals surface area (Å²) in [5.74, 6) is 2.69. The molecule has 9 nitrogen and oxygen atoms in total. The number of benzene rings is 1. The summed E-state index contributed by atoms with van der Waals surface area (Å²) in [7, 11) is 0.793. The molecule has 3 atom stereocenters. The van der Waals surface area contributed by atoms with Gasteiger partial charge in [-0.25, -0.2) is 15.0 Å². The minimum atomic E-state index is -1.20. The first-order valence-corrected chi connectivity index (χ1v) is 19.6. The van der Waals surface area contributed by atoms with E-state index in [2.05, 4.69) is 53.3 Å². The number of ether oxygens (including phenoxy) is 1. The molecule has 0 spiro atoms. The zero-order valence-electron chi connectivity index (χ0n) is 25.8. The first-order valence-electron chi connectivity index (χ1n) is 15.5. The molecule has 7 rings (SSSR count). The third-order valence-corrected chi connectivity index (χ3v) is 11.3. The number of aromatic nitrogens is 7. The lowest BCUT2D eigenvalue weighted by Gasteiger charge is -2.38. The molecule has 43 heavy (non-hydrogen) atoms. The largest absolute Gasteiger partial charge is 0.361 e. The molecule has 5 aromatic rings. The average molecular weight is 617 g/mol. The smallest absolute Gasteiger partial charge is 0.163 e. The molecule has 4 aromatic heterocycles. The van der Waals surface area contributed by atoms with Gasteiger partial charge in [-0.05, 0) is 43.7 Å². The number of nitrogens with zero attached hydrogens (tertiary/aromatic N) is 8. The van der Waals surface area contributed by atoms with Gasteiger partial charge in [0.2, 0.25) is 0 Å². The van der Waals surface area contributed by atoms with Crippen molar-refractivity contribution in [2.75, 3.05) is 11.5 Å². The lowest BCUT2D eigenvalue weighted by atomic mass is 9.92. The van der Waals surface area contributed by atoms with Crippen molar-refractivity contribution in [3.63, 3.8) is 0 Å². The van der Waals surface area contributed by atoms with Gasteiger partial charge in [-0.15, -0.1) is 0 Å². The Morgan fingerprint density at radius 3 is 2.56 bits per heavy atom. The number of hydrogen-bond acceptors (Lipinski definition) is 6. The summed E-state index contributed by atoms with van der Waals surface area (Å²) in [5.41, 5.74) is 4.42. The van der Waals surface area contributed by atoms with E-state index in [1.165, 1.54) is 25.7 Å². The molecular weight excluding hydrogens is 576 g/mol. The van der Waals surface area contributed by atoms with Crippen molar-refractivity contribution >= 4 is 47.6 Å². The van der Waals surface area contributed by atoms with Gasteiger partial charge in [0.05, 0.1) is 23.3 Å². The van der Waals surface area contributed by atoms with E-state index in [9.17, 15) is 0 Å². The van der Waals surface area contributed by atoms with Crippen LogP contribution in [0.1, 0.15) is 38.4 Å². The highest BCUT2D eigenvalue weighted by molar-refractivity contribution is 6.76. The van der Waals surface area contributed by atoms with E-state index in [4.69, 9.17) is 31.4 Å². The maximum Gasteiger partial charge on any atom is 0.163 e. The van der Waals surface area contributed by atoms with Crippen molar-refractivity contribution in [1.82, 2.24) is 33.9 Å². The molecule has 1 aromatic carbocycles. The number of piperidine rings is 1. The van der Waals surface area contributed by atoms with Gasteiger partial charge in [0.15, 0.2) is 5.65 Å². The van der Waals surface area contributed by atoms with Crippen LogP contribution in [0, 0.1) is 5.92 Å². The number of imidazole rings is 1. The van der Waals surface area contributed by atoms with Crippen LogP contribution in [-0.2, 0) is 25.1 Å². The first-order chi connectivity index (χ1) is 20.6. The minimum Gasteiger partial charge on any atom is -0.361 e. The molecule has 0 amide bonds. The van der Waals surface area contributed by atoms with Crippen molar-refractivity contribution in [3.8, 4) is 11.1 Å². The molecule has 2 fully saturated rings. The van der Waals surface area contributed by atoms with Gasteiger partial charge < -0.3 is 18.8 Å². The van der Waals surface area contributed by atoms with E-state index in [1.54, 1.807) is 6.20 Å². The quantitative estimate of drug-likeness (QED) is 0.132.